The Morgan fingerprint density at radius 3 is 2.03 bits per heavy atom. The van der Waals surface area contributed by atoms with Gasteiger partial charge in [-0.2, -0.15) is 0 Å². The smallest absolute Gasteiger partial charge is 0.309 e. The van der Waals surface area contributed by atoms with Crippen LogP contribution < -0.4 is 0 Å². The zero-order chi connectivity index (χ0) is 23.9. The van der Waals surface area contributed by atoms with E-state index in [-0.39, 0.29) is 31.2 Å². The summed E-state index contributed by atoms with van der Waals surface area (Å²) in [5.74, 6) is -0.217. The molecule has 0 heterocycles. The molecular weight excluding hydrogens is 458 g/mol. The minimum atomic E-state index is -3.51. The van der Waals surface area contributed by atoms with E-state index in [2.05, 4.69) is 30.3 Å². The number of fused-ring (bicyclic) bond motifs is 1. The first-order valence-corrected chi connectivity index (χ1v) is 15.5. The molecule has 3 rings (SSSR count). The Morgan fingerprint density at radius 1 is 0.788 bits per heavy atom. The molecule has 1 saturated carbocycles. The predicted molar refractivity (Wildman–Crippen MR) is 134 cm³/mol. The zero-order valence-electron chi connectivity index (χ0n) is 20.3. The highest BCUT2D eigenvalue weighted by Crippen LogP contribution is 2.65. The summed E-state index contributed by atoms with van der Waals surface area (Å²) in [5.41, 5.74) is 0.719. The minimum Gasteiger partial charge on any atom is -0.309 e. The van der Waals surface area contributed by atoms with Gasteiger partial charge in [0.2, 0.25) is 0 Å². The van der Waals surface area contributed by atoms with Crippen molar-refractivity contribution < 1.29 is 27.2 Å². The Hall–Kier alpha value is -1.00. The van der Waals surface area contributed by atoms with Crippen molar-refractivity contribution in [3.05, 3.63) is 48.0 Å². The normalized spacial score (nSPS) is 22.0. The van der Waals surface area contributed by atoms with E-state index >= 15 is 0 Å². The predicted octanol–water partition coefficient (Wildman–Crippen LogP) is 7.62. The molecule has 33 heavy (non-hydrogen) atoms. The molecule has 1 aliphatic rings. The van der Waals surface area contributed by atoms with Crippen LogP contribution in [0.4, 0.5) is 0 Å². The Bertz CT molecular complexity index is 969. The van der Waals surface area contributed by atoms with E-state index in [1.54, 1.807) is 0 Å². The van der Waals surface area contributed by atoms with E-state index in [0.29, 0.717) is 13.2 Å². The van der Waals surface area contributed by atoms with Gasteiger partial charge in [-0.05, 0) is 68.7 Å². The van der Waals surface area contributed by atoms with Gasteiger partial charge < -0.3 is 18.1 Å². The first kappa shape index (κ1) is 26.6. The van der Waals surface area contributed by atoms with Crippen LogP contribution in [-0.2, 0) is 27.2 Å². The van der Waals surface area contributed by atoms with Crippen LogP contribution in [0.25, 0.3) is 10.8 Å². The monoisotopic (exact) mass is 496 g/mol. The number of benzene rings is 2. The quantitative estimate of drug-likeness (QED) is 0.282. The lowest BCUT2D eigenvalue weighted by atomic mass is 9.77. The van der Waals surface area contributed by atoms with Crippen molar-refractivity contribution in [1.29, 1.82) is 0 Å². The molecule has 6 nitrogen and oxygen atoms in total. The number of hydrogen-bond acceptors (Lipinski definition) is 6. The molecule has 0 unspecified atom stereocenters. The third kappa shape index (κ3) is 6.17. The second-order valence-electron chi connectivity index (χ2n) is 8.36. The average Bonchev–Trinajstić information content (AvgIpc) is 2.79. The SMILES string of the molecule is CCOP(=O)(C[C@H]1CCC[C@@H](c2cccc3ccccc23)[C@@H]1P(=O)(OCC)OCC)OCC. The van der Waals surface area contributed by atoms with Gasteiger partial charge in [0.05, 0.1) is 38.2 Å². The van der Waals surface area contributed by atoms with Crippen LogP contribution in [0.2, 0.25) is 0 Å². The van der Waals surface area contributed by atoms with Crippen molar-refractivity contribution in [1.82, 2.24) is 0 Å². The molecular formula is C25H38O6P2. The Balaban J connectivity index is 2.11. The zero-order valence-corrected chi connectivity index (χ0v) is 22.1. The van der Waals surface area contributed by atoms with Crippen LogP contribution in [0.15, 0.2) is 42.5 Å². The van der Waals surface area contributed by atoms with Gasteiger partial charge in [0.25, 0.3) is 0 Å². The van der Waals surface area contributed by atoms with Gasteiger partial charge in [-0.15, -0.1) is 0 Å². The largest absolute Gasteiger partial charge is 0.334 e. The van der Waals surface area contributed by atoms with Gasteiger partial charge in [-0.25, -0.2) is 0 Å². The maximum absolute atomic E-state index is 14.3. The van der Waals surface area contributed by atoms with E-state index in [4.69, 9.17) is 18.1 Å². The second-order valence-corrected chi connectivity index (χ2v) is 12.7. The van der Waals surface area contributed by atoms with Gasteiger partial charge in [-0.1, -0.05) is 48.9 Å². The summed E-state index contributed by atoms with van der Waals surface area (Å²) in [6.45, 7) is 8.48. The summed E-state index contributed by atoms with van der Waals surface area (Å²) in [4.78, 5) is 0. The van der Waals surface area contributed by atoms with E-state index < -0.39 is 20.9 Å². The summed E-state index contributed by atoms with van der Waals surface area (Å²) >= 11 is 0. The van der Waals surface area contributed by atoms with E-state index in [9.17, 15) is 9.13 Å². The molecule has 0 saturated heterocycles. The molecule has 8 heteroatoms. The maximum Gasteiger partial charge on any atom is 0.334 e. The molecule has 0 aromatic heterocycles. The third-order valence-electron chi connectivity index (χ3n) is 6.30. The standard InChI is InChI=1S/C25H38O6P2/c1-5-28-32(26,29-6-2)19-21-15-12-18-24(25(21)33(27,30-7-3)31-8-4)23-17-11-14-20-13-9-10-16-22(20)23/h9-11,13-14,16-17,21,24-25H,5-8,12,15,18-19H2,1-4H3/t21-,24+,25-/m1/s1. The molecule has 2 aromatic carbocycles. The summed E-state index contributed by atoms with van der Waals surface area (Å²) < 4.78 is 50.8. The summed E-state index contributed by atoms with van der Waals surface area (Å²) in [5, 5.41) is 2.29. The van der Waals surface area contributed by atoms with Gasteiger partial charge in [-0.3, -0.25) is 9.13 Å². The Kier molecular flexibility index (Phi) is 9.76. The minimum absolute atomic E-state index is 0.0458. The lowest BCUT2D eigenvalue weighted by Gasteiger charge is -2.42. The van der Waals surface area contributed by atoms with Gasteiger partial charge in [0.15, 0.2) is 0 Å². The summed E-state index contributed by atoms with van der Waals surface area (Å²) in [6.07, 6.45) is 2.80. The van der Waals surface area contributed by atoms with Crippen molar-refractivity contribution in [3.63, 3.8) is 0 Å². The van der Waals surface area contributed by atoms with Gasteiger partial charge in [0, 0.05) is 0 Å². The highest BCUT2D eigenvalue weighted by atomic mass is 31.2. The van der Waals surface area contributed by atoms with Gasteiger partial charge in [0.1, 0.15) is 0 Å². The highest BCUT2D eigenvalue weighted by molar-refractivity contribution is 7.55. The van der Waals surface area contributed by atoms with Crippen LogP contribution in [0.5, 0.6) is 0 Å². The third-order valence-corrected chi connectivity index (χ3v) is 11.3. The molecule has 0 spiro atoms. The number of hydrogen-bond donors (Lipinski definition) is 0. The summed E-state index contributed by atoms with van der Waals surface area (Å²) in [6, 6.07) is 14.5. The molecule has 1 fully saturated rings. The van der Waals surface area contributed by atoms with Crippen molar-refractivity contribution in [2.75, 3.05) is 32.6 Å². The fraction of sp³-hybridized carbons (Fsp3) is 0.600. The fourth-order valence-electron chi connectivity index (χ4n) is 5.25. The molecule has 0 aliphatic heterocycles. The lowest BCUT2D eigenvalue weighted by molar-refractivity contribution is 0.181. The van der Waals surface area contributed by atoms with Gasteiger partial charge >= 0.3 is 15.2 Å². The van der Waals surface area contributed by atoms with Crippen LogP contribution in [-0.4, -0.2) is 38.2 Å². The topological polar surface area (TPSA) is 71.1 Å². The molecule has 1 aliphatic carbocycles. The average molecular weight is 497 g/mol. The molecule has 3 atom stereocenters. The first-order valence-electron chi connectivity index (χ1n) is 12.2. The second kappa shape index (κ2) is 12.1. The van der Waals surface area contributed by atoms with E-state index in [1.165, 1.54) is 0 Å². The highest BCUT2D eigenvalue weighted by Gasteiger charge is 2.50. The van der Waals surface area contributed by atoms with E-state index in [0.717, 1.165) is 35.6 Å². The molecule has 2 aromatic rings. The lowest BCUT2D eigenvalue weighted by Crippen LogP contribution is -2.36. The van der Waals surface area contributed by atoms with Crippen molar-refractivity contribution >= 4 is 26.0 Å². The van der Waals surface area contributed by atoms with Crippen LogP contribution in [0, 0.1) is 5.92 Å². The van der Waals surface area contributed by atoms with Crippen LogP contribution >= 0.6 is 15.2 Å². The summed E-state index contributed by atoms with van der Waals surface area (Å²) in [7, 11) is -6.84. The van der Waals surface area contributed by atoms with Crippen LogP contribution in [0.3, 0.4) is 0 Å². The Morgan fingerprint density at radius 2 is 1.39 bits per heavy atom. The Labute approximate surface area is 198 Å². The maximum atomic E-state index is 14.3. The first-order chi connectivity index (χ1) is 15.9. The number of rotatable bonds is 12. The van der Waals surface area contributed by atoms with Crippen molar-refractivity contribution in [3.8, 4) is 0 Å². The van der Waals surface area contributed by atoms with Crippen LogP contribution in [0.1, 0.15) is 58.4 Å². The molecule has 0 amide bonds. The molecule has 184 valence electrons. The van der Waals surface area contributed by atoms with E-state index in [1.807, 2.05) is 39.8 Å². The molecule has 0 radical (unpaired) electrons. The molecule has 0 N–H and O–H groups in total. The van der Waals surface area contributed by atoms with Crippen molar-refractivity contribution in [2.45, 2.75) is 58.5 Å². The van der Waals surface area contributed by atoms with Crippen molar-refractivity contribution in [2.24, 2.45) is 5.92 Å². The fourth-order valence-corrected chi connectivity index (χ4v) is 10.1. The molecule has 0 bridgehead atoms.